The Labute approximate surface area is 107 Å². The van der Waals surface area contributed by atoms with E-state index in [1.54, 1.807) is 0 Å². The summed E-state index contributed by atoms with van der Waals surface area (Å²) in [4.78, 5) is 16.7. The van der Waals surface area contributed by atoms with Crippen molar-refractivity contribution in [2.75, 3.05) is 50.8 Å². The highest BCUT2D eigenvalue weighted by Gasteiger charge is 2.32. The Morgan fingerprint density at radius 1 is 1.18 bits per heavy atom. The smallest absolute Gasteiger partial charge is 0.228 e. The topological polar surface area (TPSA) is 35.6 Å². The Hall–Kier alpha value is -0.260. The summed E-state index contributed by atoms with van der Waals surface area (Å²) in [5, 5.41) is 3.17. The molecule has 17 heavy (non-hydrogen) atoms. The Morgan fingerprint density at radius 2 is 1.94 bits per heavy atom. The van der Waals surface area contributed by atoms with Gasteiger partial charge in [0.05, 0.1) is 5.92 Å². The van der Waals surface area contributed by atoms with Gasteiger partial charge in [-0.15, -0.1) is 0 Å². The summed E-state index contributed by atoms with van der Waals surface area (Å²) in [6.07, 6.45) is 1.34. The third-order valence-corrected chi connectivity index (χ3v) is 5.32. The lowest BCUT2D eigenvalue weighted by Crippen LogP contribution is -2.57. The predicted molar refractivity (Wildman–Crippen MR) is 70.2 cm³/mol. The van der Waals surface area contributed by atoms with Crippen LogP contribution in [0.1, 0.15) is 6.42 Å². The number of amides is 1. The van der Waals surface area contributed by atoms with E-state index in [0.29, 0.717) is 5.91 Å². The van der Waals surface area contributed by atoms with Gasteiger partial charge in [0.15, 0.2) is 0 Å². The normalized spacial score (nSPS) is 31.5. The van der Waals surface area contributed by atoms with E-state index >= 15 is 0 Å². The van der Waals surface area contributed by atoms with Gasteiger partial charge in [0, 0.05) is 51.1 Å². The quantitative estimate of drug-likeness (QED) is 0.745. The largest absolute Gasteiger partial charge is 0.340 e. The second kappa shape index (κ2) is 5.16. The number of carbonyl (C=O) groups excluding carboxylic acids is 1. The summed E-state index contributed by atoms with van der Waals surface area (Å²) in [6.45, 7) is 5.82. The molecule has 1 atom stereocenters. The molecule has 0 bridgehead atoms. The van der Waals surface area contributed by atoms with E-state index in [0.717, 1.165) is 45.3 Å². The number of rotatable bonds is 2. The maximum atomic E-state index is 12.1. The van der Waals surface area contributed by atoms with Crippen LogP contribution in [0.5, 0.6) is 0 Å². The van der Waals surface area contributed by atoms with Crippen molar-refractivity contribution < 1.29 is 4.79 Å². The van der Waals surface area contributed by atoms with Crippen molar-refractivity contribution in [3.63, 3.8) is 0 Å². The fourth-order valence-corrected chi connectivity index (χ4v) is 4.09. The van der Waals surface area contributed by atoms with Gasteiger partial charge in [-0.25, -0.2) is 0 Å². The van der Waals surface area contributed by atoms with Crippen molar-refractivity contribution in [3.8, 4) is 0 Å². The Kier molecular flexibility index (Phi) is 3.59. The van der Waals surface area contributed by atoms with Gasteiger partial charge in [-0.05, 0) is 12.2 Å². The van der Waals surface area contributed by atoms with Crippen LogP contribution in [0.2, 0.25) is 0 Å². The summed E-state index contributed by atoms with van der Waals surface area (Å²) in [5.74, 6) is 3.26. The Bertz CT molecular complexity index is 281. The molecule has 0 aromatic carbocycles. The SMILES string of the molecule is O=C(C1CNC1)N1CCN(C2CCSC2)CC1. The van der Waals surface area contributed by atoms with E-state index in [1.807, 2.05) is 0 Å². The van der Waals surface area contributed by atoms with E-state index in [2.05, 4.69) is 26.9 Å². The van der Waals surface area contributed by atoms with Gasteiger partial charge < -0.3 is 10.2 Å². The van der Waals surface area contributed by atoms with Gasteiger partial charge >= 0.3 is 0 Å². The number of piperazine rings is 1. The lowest BCUT2D eigenvalue weighted by atomic mass is 10.0. The minimum atomic E-state index is 0.267. The fourth-order valence-electron chi connectivity index (χ4n) is 2.84. The molecule has 1 amide bonds. The molecular formula is C12H21N3OS. The summed E-state index contributed by atoms with van der Waals surface area (Å²) in [7, 11) is 0. The fraction of sp³-hybridized carbons (Fsp3) is 0.917. The summed E-state index contributed by atoms with van der Waals surface area (Å²) in [6, 6.07) is 0.780. The lowest BCUT2D eigenvalue weighted by molar-refractivity contribution is -0.139. The molecule has 3 aliphatic rings. The first-order valence-corrected chi connectivity index (χ1v) is 7.81. The predicted octanol–water partition coefficient (Wildman–Crippen LogP) is -0.144. The van der Waals surface area contributed by atoms with Crippen molar-refractivity contribution in [1.29, 1.82) is 0 Å². The molecule has 5 heteroatoms. The zero-order valence-corrected chi connectivity index (χ0v) is 11.0. The second-order valence-electron chi connectivity index (χ2n) is 5.23. The van der Waals surface area contributed by atoms with E-state index in [1.165, 1.54) is 17.9 Å². The van der Waals surface area contributed by atoms with E-state index in [4.69, 9.17) is 0 Å². The van der Waals surface area contributed by atoms with Gasteiger partial charge in [-0.3, -0.25) is 9.69 Å². The molecule has 3 heterocycles. The molecule has 0 saturated carbocycles. The molecule has 0 aromatic rings. The van der Waals surface area contributed by atoms with E-state index in [-0.39, 0.29) is 5.92 Å². The molecule has 3 aliphatic heterocycles. The van der Waals surface area contributed by atoms with Gasteiger partial charge in [0.25, 0.3) is 0 Å². The van der Waals surface area contributed by atoms with Crippen LogP contribution in [0, 0.1) is 5.92 Å². The van der Waals surface area contributed by atoms with Crippen LogP contribution < -0.4 is 5.32 Å². The highest BCUT2D eigenvalue weighted by molar-refractivity contribution is 7.99. The molecule has 3 fully saturated rings. The first-order valence-electron chi connectivity index (χ1n) is 6.66. The third kappa shape index (κ3) is 2.46. The number of carbonyl (C=O) groups is 1. The highest BCUT2D eigenvalue weighted by atomic mass is 32.2. The van der Waals surface area contributed by atoms with Crippen molar-refractivity contribution in [2.45, 2.75) is 12.5 Å². The first kappa shape index (κ1) is 11.8. The van der Waals surface area contributed by atoms with Crippen LogP contribution in [0.25, 0.3) is 0 Å². The second-order valence-corrected chi connectivity index (χ2v) is 6.38. The molecule has 0 aliphatic carbocycles. The highest BCUT2D eigenvalue weighted by Crippen LogP contribution is 2.23. The summed E-state index contributed by atoms with van der Waals surface area (Å²) < 4.78 is 0. The molecule has 96 valence electrons. The molecule has 3 saturated heterocycles. The van der Waals surface area contributed by atoms with E-state index < -0.39 is 0 Å². The number of hydrogen-bond donors (Lipinski definition) is 1. The minimum Gasteiger partial charge on any atom is -0.340 e. The first-order chi connectivity index (χ1) is 8.34. The number of nitrogens with one attached hydrogen (secondary N) is 1. The van der Waals surface area contributed by atoms with Gasteiger partial charge in [-0.1, -0.05) is 0 Å². The standard InChI is InChI=1S/C12H21N3OS/c16-12(10-7-13-8-10)15-4-2-14(3-5-15)11-1-6-17-9-11/h10-11,13H,1-9H2. The minimum absolute atomic E-state index is 0.267. The van der Waals surface area contributed by atoms with Crippen molar-refractivity contribution in [1.82, 2.24) is 15.1 Å². The number of hydrogen-bond acceptors (Lipinski definition) is 4. The summed E-state index contributed by atoms with van der Waals surface area (Å²) in [5.41, 5.74) is 0. The van der Waals surface area contributed by atoms with E-state index in [9.17, 15) is 4.79 Å². The molecule has 1 N–H and O–H groups in total. The molecule has 4 nitrogen and oxygen atoms in total. The molecule has 0 spiro atoms. The number of thioether (sulfide) groups is 1. The average Bonchev–Trinajstić information content (AvgIpc) is 2.80. The van der Waals surface area contributed by atoms with Crippen molar-refractivity contribution in [3.05, 3.63) is 0 Å². The van der Waals surface area contributed by atoms with Crippen molar-refractivity contribution >= 4 is 17.7 Å². The molecule has 0 aromatic heterocycles. The summed E-state index contributed by atoms with van der Waals surface area (Å²) >= 11 is 2.07. The van der Waals surface area contributed by atoms with Gasteiger partial charge in [0.1, 0.15) is 0 Å². The Balaban J connectivity index is 1.47. The molecule has 1 unspecified atom stereocenters. The third-order valence-electron chi connectivity index (χ3n) is 4.18. The van der Waals surface area contributed by atoms with Crippen LogP contribution in [0.3, 0.4) is 0 Å². The van der Waals surface area contributed by atoms with Crippen LogP contribution >= 0.6 is 11.8 Å². The maximum absolute atomic E-state index is 12.1. The van der Waals surface area contributed by atoms with Gasteiger partial charge in [-0.2, -0.15) is 11.8 Å². The monoisotopic (exact) mass is 255 g/mol. The van der Waals surface area contributed by atoms with Crippen LogP contribution in [-0.4, -0.2) is 72.5 Å². The number of nitrogens with zero attached hydrogens (tertiary/aromatic N) is 2. The van der Waals surface area contributed by atoms with Crippen LogP contribution in [0.4, 0.5) is 0 Å². The van der Waals surface area contributed by atoms with Crippen LogP contribution in [0.15, 0.2) is 0 Å². The zero-order chi connectivity index (χ0) is 11.7. The lowest BCUT2D eigenvalue weighted by Gasteiger charge is -2.40. The average molecular weight is 255 g/mol. The van der Waals surface area contributed by atoms with Crippen LogP contribution in [-0.2, 0) is 4.79 Å². The van der Waals surface area contributed by atoms with Crippen molar-refractivity contribution in [2.24, 2.45) is 5.92 Å². The zero-order valence-electron chi connectivity index (χ0n) is 10.2. The molecule has 0 radical (unpaired) electrons. The van der Waals surface area contributed by atoms with Gasteiger partial charge in [0.2, 0.25) is 5.91 Å². The molecule has 3 rings (SSSR count). The Morgan fingerprint density at radius 3 is 2.47 bits per heavy atom. The molecular weight excluding hydrogens is 234 g/mol. The maximum Gasteiger partial charge on any atom is 0.228 e.